The van der Waals surface area contributed by atoms with Gasteiger partial charge in [-0.1, -0.05) is 24.3 Å². The molecule has 0 saturated carbocycles. The van der Waals surface area contributed by atoms with Crippen LogP contribution in [0.5, 0.6) is 0 Å². The van der Waals surface area contributed by atoms with Crippen LogP contribution in [0.2, 0.25) is 0 Å². The van der Waals surface area contributed by atoms with E-state index in [1.807, 2.05) is 0 Å². The minimum atomic E-state index is -1.14. The van der Waals surface area contributed by atoms with Gasteiger partial charge < -0.3 is 11.5 Å². The van der Waals surface area contributed by atoms with Crippen molar-refractivity contribution < 1.29 is 19.0 Å². The maximum absolute atomic E-state index is 12.4. The van der Waals surface area contributed by atoms with Crippen molar-refractivity contribution in [3.63, 3.8) is 0 Å². The first-order valence-corrected chi connectivity index (χ1v) is 6.37. The molecule has 5 N–H and O–H groups in total. The first-order valence-electron chi connectivity index (χ1n) is 6.03. The number of benzene rings is 1. The fourth-order valence-electron chi connectivity index (χ4n) is 2.18. The van der Waals surface area contributed by atoms with Gasteiger partial charge in [0.2, 0.25) is 0 Å². The second kappa shape index (κ2) is 7.24. The Labute approximate surface area is 126 Å². The zero-order valence-corrected chi connectivity index (χ0v) is 12.1. The average Bonchev–Trinajstić information content (AvgIpc) is 2.54. The molecule has 0 fully saturated rings. The van der Waals surface area contributed by atoms with Crippen molar-refractivity contribution in [1.82, 2.24) is 0 Å². The highest BCUT2D eigenvalue weighted by molar-refractivity contribution is 6.28. The number of hydrogen-bond donors (Lipinski definition) is 3. The molecular formula is C14H15ClN2O4. The molecule has 1 aromatic rings. The first kappa shape index (κ1) is 17.2. The largest absolute Gasteiger partial charge is 0.324 e. The number of carbonyl (C=O) groups is 3. The summed E-state index contributed by atoms with van der Waals surface area (Å²) in [7, 11) is 0. The van der Waals surface area contributed by atoms with Crippen molar-refractivity contribution in [2.24, 2.45) is 11.5 Å². The molecule has 6 nitrogen and oxygen atoms in total. The lowest BCUT2D eigenvalue weighted by Gasteiger charge is -2.22. The molecule has 1 unspecified atom stereocenters. The van der Waals surface area contributed by atoms with E-state index in [0.29, 0.717) is 5.56 Å². The van der Waals surface area contributed by atoms with Crippen LogP contribution in [0.3, 0.4) is 0 Å². The van der Waals surface area contributed by atoms with E-state index in [9.17, 15) is 14.4 Å². The predicted octanol–water partition coefficient (Wildman–Crippen LogP) is 0.370. The SMILES string of the molecule is CC1=C(C(N)C(=O)CN)C(=O)c2ccccc2C1=O.OCl. The summed E-state index contributed by atoms with van der Waals surface area (Å²) in [6.45, 7) is 1.25. The number of fused-ring (bicyclic) bond motifs is 1. The molecule has 1 aliphatic carbocycles. The van der Waals surface area contributed by atoms with Crippen molar-refractivity contribution in [2.75, 3.05) is 6.54 Å². The normalized spacial score (nSPS) is 15.1. The lowest BCUT2D eigenvalue weighted by Crippen LogP contribution is -2.42. The van der Waals surface area contributed by atoms with Gasteiger partial charge in [-0.15, -0.1) is 0 Å². The van der Waals surface area contributed by atoms with Crippen molar-refractivity contribution >= 4 is 29.2 Å². The lowest BCUT2D eigenvalue weighted by molar-refractivity contribution is -0.118. The van der Waals surface area contributed by atoms with Crippen molar-refractivity contribution in [2.45, 2.75) is 13.0 Å². The Hall–Kier alpha value is -1.86. The minimum Gasteiger partial charge on any atom is -0.324 e. The highest BCUT2D eigenvalue weighted by Gasteiger charge is 2.34. The number of Topliss-reactive ketones (excluding diaryl/α,β-unsaturated/α-hetero) is 3. The monoisotopic (exact) mass is 310 g/mol. The maximum atomic E-state index is 12.4. The van der Waals surface area contributed by atoms with Gasteiger partial charge in [0.1, 0.15) is 0 Å². The summed E-state index contributed by atoms with van der Waals surface area (Å²) in [5.74, 6) is -1.11. The van der Waals surface area contributed by atoms with Gasteiger partial charge in [-0.2, -0.15) is 0 Å². The highest BCUT2D eigenvalue weighted by Crippen LogP contribution is 2.27. The summed E-state index contributed by atoms with van der Waals surface area (Å²) in [6.07, 6.45) is 0. The van der Waals surface area contributed by atoms with Crippen LogP contribution in [0.15, 0.2) is 35.4 Å². The lowest BCUT2D eigenvalue weighted by atomic mass is 9.81. The van der Waals surface area contributed by atoms with Gasteiger partial charge in [0.15, 0.2) is 17.3 Å². The van der Waals surface area contributed by atoms with Gasteiger partial charge in [0, 0.05) is 22.3 Å². The van der Waals surface area contributed by atoms with Crippen LogP contribution in [-0.4, -0.2) is 34.6 Å². The molecule has 7 heteroatoms. The molecule has 21 heavy (non-hydrogen) atoms. The molecule has 0 spiro atoms. The molecule has 1 aliphatic rings. The summed E-state index contributed by atoms with van der Waals surface area (Å²) in [5.41, 5.74) is 11.9. The van der Waals surface area contributed by atoms with E-state index < -0.39 is 11.8 Å². The number of nitrogens with two attached hydrogens (primary N) is 2. The molecule has 0 bridgehead atoms. The van der Waals surface area contributed by atoms with Crippen molar-refractivity contribution in [3.05, 3.63) is 46.5 Å². The Kier molecular flexibility index (Phi) is 5.92. The van der Waals surface area contributed by atoms with Crippen LogP contribution in [0.4, 0.5) is 0 Å². The van der Waals surface area contributed by atoms with Gasteiger partial charge in [-0.25, -0.2) is 0 Å². The van der Waals surface area contributed by atoms with Gasteiger partial charge in [-0.3, -0.25) is 19.0 Å². The second-order valence-corrected chi connectivity index (χ2v) is 4.39. The summed E-state index contributed by atoms with van der Waals surface area (Å²) in [6, 6.07) is 5.36. The zero-order chi connectivity index (χ0) is 16.2. The van der Waals surface area contributed by atoms with Gasteiger partial charge in [-0.05, 0) is 6.92 Å². The van der Waals surface area contributed by atoms with E-state index in [-0.39, 0.29) is 34.8 Å². The summed E-state index contributed by atoms with van der Waals surface area (Å²) < 4.78 is 6.47. The molecule has 0 aromatic heterocycles. The Balaban J connectivity index is 0.00000106. The van der Waals surface area contributed by atoms with Crippen LogP contribution >= 0.6 is 11.9 Å². The number of carbonyl (C=O) groups excluding carboxylic acids is 3. The molecule has 112 valence electrons. The van der Waals surface area contributed by atoms with E-state index in [1.165, 1.54) is 6.92 Å². The molecule has 0 amide bonds. The molecule has 0 radical (unpaired) electrons. The van der Waals surface area contributed by atoms with E-state index in [1.54, 1.807) is 24.3 Å². The second-order valence-electron chi connectivity index (χ2n) is 4.39. The molecule has 2 rings (SSSR count). The maximum Gasteiger partial charge on any atom is 0.192 e. The number of ketones is 3. The Morgan fingerprint density at radius 1 is 1.19 bits per heavy atom. The number of allylic oxidation sites excluding steroid dienone is 1. The van der Waals surface area contributed by atoms with E-state index in [0.717, 1.165) is 0 Å². The Bertz CT molecular complexity index is 625. The molecule has 0 aliphatic heterocycles. The van der Waals surface area contributed by atoms with Gasteiger partial charge in [0.25, 0.3) is 0 Å². The van der Waals surface area contributed by atoms with Crippen LogP contribution in [0.25, 0.3) is 0 Å². The standard InChI is InChI=1S/C14H14N2O3.ClHO/c1-7-11(12(16)10(17)6-15)14(19)9-5-3-2-4-8(9)13(7)18;1-2/h2-5,12H,6,15-16H2,1H3;2H. The molecular weight excluding hydrogens is 296 g/mol. The van der Waals surface area contributed by atoms with Gasteiger partial charge in [0.05, 0.1) is 24.5 Å². The first-order chi connectivity index (χ1) is 9.99. The predicted molar refractivity (Wildman–Crippen MR) is 77.9 cm³/mol. The minimum absolute atomic E-state index is 0.0548. The Morgan fingerprint density at radius 3 is 2.14 bits per heavy atom. The molecule has 1 atom stereocenters. The third-order valence-corrected chi connectivity index (χ3v) is 3.26. The summed E-state index contributed by atoms with van der Waals surface area (Å²) in [4.78, 5) is 36.1. The highest BCUT2D eigenvalue weighted by atomic mass is 35.5. The van der Waals surface area contributed by atoms with Crippen LogP contribution in [-0.2, 0) is 4.79 Å². The van der Waals surface area contributed by atoms with Crippen molar-refractivity contribution in [3.8, 4) is 0 Å². The number of rotatable bonds is 3. The quantitative estimate of drug-likeness (QED) is 0.741. The topological polar surface area (TPSA) is 123 Å². The number of hydrogen-bond acceptors (Lipinski definition) is 6. The number of halogens is 1. The fourth-order valence-corrected chi connectivity index (χ4v) is 2.18. The van der Waals surface area contributed by atoms with E-state index in [2.05, 4.69) is 11.9 Å². The fraction of sp³-hybridized carbons (Fsp3) is 0.214. The molecule has 0 saturated heterocycles. The van der Waals surface area contributed by atoms with E-state index >= 15 is 0 Å². The summed E-state index contributed by atoms with van der Waals surface area (Å²) in [5, 5.41) is 0. The average molecular weight is 311 g/mol. The van der Waals surface area contributed by atoms with Crippen molar-refractivity contribution in [1.29, 1.82) is 0 Å². The summed E-state index contributed by atoms with van der Waals surface area (Å²) >= 11 is 3.64. The van der Waals surface area contributed by atoms with Crippen LogP contribution < -0.4 is 11.5 Å². The van der Waals surface area contributed by atoms with Gasteiger partial charge >= 0.3 is 0 Å². The molecule has 0 heterocycles. The zero-order valence-electron chi connectivity index (χ0n) is 11.3. The Morgan fingerprint density at radius 2 is 1.67 bits per heavy atom. The van der Waals surface area contributed by atoms with Crippen LogP contribution in [0.1, 0.15) is 27.6 Å². The smallest absolute Gasteiger partial charge is 0.192 e. The van der Waals surface area contributed by atoms with Crippen LogP contribution in [0, 0.1) is 0 Å². The third-order valence-electron chi connectivity index (χ3n) is 3.26. The molecule has 1 aromatic carbocycles. The third kappa shape index (κ3) is 3.08. The van der Waals surface area contributed by atoms with E-state index in [4.69, 9.17) is 16.1 Å².